The maximum absolute atomic E-state index is 12.2. The standard InChI is InChI=1S/C11H7Br2NO2S/c1-16-7-3-2-4-14-9(7)10(15)8-5-6(12)11(13)17-8/h2-5H,1H3. The first kappa shape index (κ1) is 12.7. The molecule has 2 aromatic rings. The fourth-order valence-corrected chi connectivity index (χ4v) is 3.28. The summed E-state index contributed by atoms with van der Waals surface area (Å²) in [4.78, 5) is 16.9. The van der Waals surface area contributed by atoms with E-state index in [1.165, 1.54) is 18.4 Å². The lowest BCUT2D eigenvalue weighted by atomic mass is 10.2. The predicted octanol–water partition coefficient (Wildman–Crippen LogP) is 3.91. The first-order chi connectivity index (χ1) is 8.13. The van der Waals surface area contributed by atoms with Crippen molar-refractivity contribution in [1.82, 2.24) is 4.98 Å². The van der Waals surface area contributed by atoms with Crippen LogP contribution in [0, 0.1) is 0 Å². The zero-order chi connectivity index (χ0) is 12.4. The number of carbonyl (C=O) groups excluding carboxylic acids is 1. The zero-order valence-electron chi connectivity index (χ0n) is 8.74. The van der Waals surface area contributed by atoms with Gasteiger partial charge in [0.2, 0.25) is 5.78 Å². The first-order valence-electron chi connectivity index (χ1n) is 4.62. The van der Waals surface area contributed by atoms with E-state index >= 15 is 0 Å². The van der Waals surface area contributed by atoms with Gasteiger partial charge in [-0.25, -0.2) is 4.98 Å². The largest absolute Gasteiger partial charge is 0.494 e. The number of ether oxygens (including phenoxy) is 1. The van der Waals surface area contributed by atoms with Gasteiger partial charge in [0.05, 0.1) is 15.8 Å². The normalized spacial score (nSPS) is 10.3. The van der Waals surface area contributed by atoms with Crippen molar-refractivity contribution in [2.75, 3.05) is 7.11 Å². The van der Waals surface area contributed by atoms with E-state index in [0.717, 1.165) is 8.26 Å². The van der Waals surface area contributed by atoms with E-state index in [1.54, 1.807) is 24.4 Å². The molecule has 3 nitrogen and oxygen atoms in total. The molecule has 0 spiro atoms. The summed E-state index contributed by atoms with van der Waals surface area (Å²) in [5.41, 5.74) is 0.330. The molecule has 0 bridgehead atoms. The van der Waals surface area contributed by atoms with Crippen LogP contribution in [0.4, 0.5) is 0 Å². The van der Waals surface area contributed by atoms with Gasteiger partial charge in [-0.05, 0) is 50.1 Å². The number of nitrogens with zero attached hydrogens (tertiary/aromatic N) is 1. The van der Waals surface area contributed by atoms with Crippen LogP contribution in [-0.4, -0.2) is 17.9 Å². The molecule has 0 saturated carbocycles. The summed E-state index contributed by atoms with van der Waals surface area (Å²) >= 11 is 8.07. The zero-order valence-corrected chi connectivity index (χ0v) is 12.7. The van der Waals surface area contributed by atoms with Gasteiger partial charge in [0.1, 0.15) is 5.75 Å². The first-order valence-corrected chi connectivity index (χ1v) is 7.02. The van der Waals surface area contributed by atoms with Crippen LogP contribution >= 0.6 is 43.2 Å². The van der Waals surface area contributed by atoms with Crippen molar-refractivity contribution in [3.05, 3.63) is 43.2 Å². The molecule has 88 valence electrons. The molecule has 2 rings (SSSR count). The quantitative estimate of drug-likeness (QED) is 0.762. The minimum absolute atomic E-state index is 0.140. The number of hydrogen-bond acceptors (Lipinski definition) is 4. The number of carbonyl (C=O) groups is 1. The number of aromatic nitrogens is 1. The maximum Gasteiger partial charge on any atom is 0.225 e. The molecule has 0 radical (unpaired) electrons. The van der Waals surface area contributed by atoms with Crippen LogP contribution in [0.3, 0.4) is 0 Å². The molecule has 0 N–H and O–H groups in total. The van der Waals surface area contributed by atoms with Gasteiger partial charge in [-0.3, -0.25) is 4.79 Å². The highest BCUT2D eigenvalue weighted by molar-refractivity contribution is 9.13. The number of halogens is 2. The number of hydrogen-bond donors (Lipinski definition) is 0. The molecular formula is C11H7Br2NO2S. The average molecular weight is 377 g/mol. The molecule has 0 unspecified atom stereocenters. The minimum Gasteiger partial charge on any atom is -0.494 e. The molecule has 0 aromatic carbocycles. The summed E-state index contributed by atoms with van der Waals surface area (Å²) < 4.78 is 6.87. The lowest BCUT2D eigenvalue weighted by Crippen LogP contribution is -2.04. The van der Waals surface area contributed by atoms with Gasteiger partial charge in [0.15, 0.2) is 5.69 Å². The summed E-state index contributed by atoms with van der Waals surface area (Å²) in [6.45, 7) is 0. The Bertz CT molecular complexity index is 549. The van der Waals surface area contributed by atoms with E-state index in [0.29, 0.717) is 16.3 Å². The van der Waals surface area contributed by atoms with Gasteiger partial charge in [-0.15, -0.1) is 11.3 Å². The second-order valence-corrected chi connectivity index (χ2v) is 6.34. The van der Waals surface area contributed by atoms with E-state index in [4.69, 9.17) is 4.74 Å². The van der Waals surface area contributed by atoms with Gasteiger partial charge in [0.25, 0.3) is 0 Å². The fraction of sp³-hybridized carbons (Fsp3) is 0.0909. The van der Waals surface area contributed by atoms with Gasteiger partial charge in [-0.1, -0.05) is 0 Å². The van der Waals surface area contributed by atoms with Crippen molar-refractivity contribution in [1.29, 1.82) is 0 Å². The van der Waals surface area contributed by atoms with Crippen molar-refractivity contribution in [3.8, 4) is 5.75 Å². The minimum atomic E-state index is -0.140. The van der Waals surface area contributed by atoms with Crippen molar-refractivity contribution >= 4 is 49.0 Å². The maximum atomic E-state index is 12.2. The van der Waals surface area contributed by atoms with E-state index in [2.05, 4.69) is 36.8 Å². The van der Waals surface area contributed by atoms with Crippen molar-refractivity contribution in [3.63, 3.8) is 0 Å². The van der Waals surface area contributed by atoms with Crippen molar-refractivity contribution in [2.24, 2.45) is 0 Å². The Balaban J connectivity index is 2.43. The van der Waals surface area contributed by atoms with Crippen LogP contribution < -0.4 is 4.74 Å². The second kappa shape index (κ2) is 5.29. The number of pyridine rings is 1. The van der Waals surface area contributed by atoms with Crippen molar-refractivity contribution in [2.45, 2.75) is 0 Å². The predicted molar refractivity (Wildman–Crippen MR) is 73.9 cm³/mol. The molecule has 6 heteroatoms. The Morgan fingerprint density at radius 3 is 2.82 bits per heavy atom. The summed E-state index contributed by atoms with van der Waals surface area (Å²) in [5.74, 6) is 0.344. The lowest BCUT2D eigenvalue weighted by molar-refractivity contribution is 0.103. The fourth-order valence-electron chi connectivity index (χ4n) is 1.30. The van der Waals surface area contributed by atoms with Gasteiger partial charge >= 0.3 is 0 Å². The van der Waals surface area contributed by atoms with Crippen LogP contribution in [0.25, 0.3) is 0 Å². The summed E-state index contributed by atoms with van der Waals surface area (Å²) in [7, 11) is 1.52. The van der Waals surface area contributed by atoms with E-state index in [1.807, 2.05) is 0 Å². The molecule has 0 aliphatic carbocycles. The molecule has 2 aromatic heterocycles. The third-order valence-electron chi connectivity index (χ3n) is 2.07. The summed E-state index contributed by atoms with van der Waals surface area (Å²) in [6, 6.07) is 5.22. The molecule has 17 heavy (non-hydrogen) atoms. The van der Waals surface area contributed by atoms with Crippen LogP contribution in [0.5, 0.6) is 5.75 Å². The van der Waals surface area contributed by atoms with E-state index in [9.17, 15) is 4.79 Å². The molecule has 2 heterocycles. The SMILES string of the molecule is COc1cccnc1C(=O)c1cc(Br)c(Br)s1. The Labute approximate surface area is 119 Å². The van der Waals surface area contributed by atoms with Gasteiger partial charge in [-0.2, -0.15) is 0 Å². The molecule has 0 saturated heterocycles. The van der Waals surface area contributed by atoms with Crippen LogP contribution in [0.1, 0.15) is 15.4 Å². The molecular weight excluding hydrogens is 370 g/mol. The monoisotopic (exact) mass is 375 g/mol. The van der Waals surface area contributed by atoms with Gasteiger partial charge in [0, 0.05) is 10.7 Å². The Morgan fingerprint density at radius 2 is 2.24 bits per heavy atom. The highest BCUT2D eigenvalue weighted by Crippen LogP contribution is 2.34. The second-order valence-electron chi connectivity index (χ2n) is 3.12. The van der Waals surface area contributed by atoms with Crippen LogP contribution in [0.15, 0.2) is 32.7 Å². The Kier molecular flexibility index (Phi) is 3.96. The third kappa shape index (κ3) is 2.59. The summed E-state index contributed by atoms with van der Waals surface area (Å²) in [6.07, 6.45) is 1.58. The highest BCUT2D eigenvalue weighted by atomic mass is 79.9. The van der Waals surface area contributed by atoms with Crippen LogP contribution in [0.2, 0.25) is 0 Å². The Morgan fingerprint density at radius 1 is 1.47 bits per heavy atom. The smallest absolute Gasteiger partial charge is 0.225 e. The highest BCUT2D eigenvalue weighted by Gasteiger charge is 2.18. The molecule has 0 fully saturated rings. The van der Waals surface area contributed by atoms with Gasteiger partial charge < -0.3 is 4.74 Å². The summed E-state index contributed by atoms with van der Waals surface area (Å²) in [5, 5.41) is 0. The molecule has 0 amide bonds. The molecule has 0 atom stereocenters. The Hall–Kier alpha value is -0.720. The average Bonchev–Trinajstić information content (AvgIpc) is 2.68. The number of methoxy groups -OCH3 is 1. The van der Waals surface area contributed by atoms with Crippen molar-refractivity contribution < 1.29 is 9.53 Å². The number of thiophene rings is 1. The third-order valence-corrected chi connectivity index (χ3v) is 5.33. The lowest BCUT2D eigenvalue weighted by Gasteiger charge is -2.04. The molecule has 0 aliphatic heterocycles. The number of ketones is 1. The van der Waals surface area contributed by atoms with Crippen LogP contribution in [-0.2, 0) is 0 Å². The van der Waals surface area contributed by atoms with E-state index in [-0.39, 0.29) is 5.78 Å². The van der Waals surface area contributed by atoms with E-state index < -0.39 is 0 Å². The number of rotatable bonds is 3. The topological polar surface area (TPSA) is 39.2 Å². The molecule has 0 aliphatic rings.